The van der Waals surface area contributed by atoms with Crippen LogP contribution in [-0.2, 0) is 0 Å². The Hall–Kier alpha value is -0.360. The molecule has 1 aromatic rings. The zero-order valence-corrected chi connectivity index (χ0v) is 8.38. The van der Waals surface area contributed by atoms with E-state index in [0.29, 0.717) is 15.8 Å². The lowest BCUT2D eigenvalue weighted by Crippen LogP contribution is -1.77. The number of hydrogen-bond donors (Lipinski definition) is 0. The molecule has 0 aliphatic carbocycles. The van der Waals surface area contributed by atoms with Crippen LogP contribution in [0.4, 0.5) is 0 Å². The third-order valence-corrected chi connectivity index (χ3v) is 3.06. The molecule has 0 N–H and O–H groups in total. The molecule has 1 rings (SSSR count). The molecule has 0 saturated carbocycles. The fourth-order valence-corrected chi connectivity index (χ4v) is 1.86. The lowest BCUT2D eigenvalue weighted by molar-refractivity contribution is 1.44. The van der Waals surface area contributed by atoms with Crippen LogP contribution in [0.15, 0.2) is 23.1 Å². The van der Waals surface area contributed by atoms with Gasteiger partial charge in [0.2, 0.25) is 0 Å². The summed E-state index contributed by atoms with van der Waals surface area (Å²) < 4.78 is 0. The largest absolute Gasteiger partial charge is 0.197 e. The van der Waals surface area contributed by atoms with Gasteiger partial charge < -0.3 is 0 Å². The third-order valence-electron chi connectivity index (χ3n) is 1.21. The molecule has 0 fully saturated rings. The zero-order valence-electron chi connectivity index (χ0n) is 6.05. The Balaban J connectivity index is 2.86. The minimum Gasteiger partial charge on any atom is -0.197 e. The van der Waals surface area contributed by atoms with E-state index in [9.17, 15) is 0 Å². The minimum absolute atomic E-state index is 0.389. The van der Waals surface area contributed by atoms with Gasteiger partial charge in [-0.05, 0) is 12.1 Å². The Kier molecular flexibility index (Phi) is 3.74. The van der Waals surface area contributed by atoms with E-state index in [2.05, 4.69) is 0 Å². The van der Waals surface area contributed by atoms with E-state index >= 15 is 0 Å². The summed E-state index contributed by atoms with van der Waals surface area (Å²) in [6, 6.07) is 7.40. The van der Waals surface area contributed by atoms with Gasteiger partial charge in [0.25, 0.3) is 0 Å². The molecule has 0 radical (unpaired) electrons. The summed E-state index contributed by atoms with van der Waals surface area (Å²) in [5, 5.41) is 9.40. The highest BCUT2D eigenvalue weighted by Gasteiger charge is 2.03. The van der Waals surface area contributed by atoms with Gasteiger partial charge in [-0.1, -0.05) is 29.3 Å². The van der Waals surface area contributed by atoms with Crippen LogP contribution >= 0.6 is 35.0 Å². The predicted octanol–water partition coefficient (Wildman–Crippen LogP) is 3.61. The molecule has 0 atom stereocenters. The van der Waals surface area contributed by atoms with Crippen molar-refractivity contribution in [3.63, 3.8) is 0 Å². The van der Waals surface area contributed by atoms with Crippen LogP contribution in [0.5, 0.6) is 0 Å². The first-order valence-electron chi connectivity index (χ1n) is 3.19. The highest BCUT2D eigenvalue weighted by molar-refractivity contribution is 7.99. The van der Waals surface area contributed by atoms with Crippen LogP contribution in [0.2, 0.25) is 10.0 Å². The summed E-state index contributed by atoms with van der Waals surface area (Å²) in [5.41, 5.74) is 0. The molecule has 0 unspecified atom stereocenters. The smallest absolute Gasteiger partial charge is 0.0855 e. The summed E-state index contributed by atoms with van der Waals surface area (Å²) in [6.07, 6.45) is 0. The topological polar surface area (TPSA) is 23.8 Å². The average Bonchev–Trinajstić information content (AvgIpc) is 2.08. The molecule has 0 aromatic heterocycles. The van der Waals surface area contributed by atoms with E-state index < -0.39 is 0 Å². The van der Waals surface area contributed by atoms with E-state index in [4.69, 9.17) is 28.5 Å². The average molecular weight is 218 g/mol. The monoisotopic (exact) mass is 217 g/mol. The molecule has 0 spiro atoms. The van der Waals surface area contributed by atoms with Crippen LogP contribution < -0.4 is 0 Å². The molecule has 0 aliphatic heterocycles. The van der Waals surface area contributed by atoms with Crippen molar-refractivity contribution in [3.8, 4) is 6.07 Å². The standard InChI is InChI=1S/C8H5Cl2NS/c9-6-2-1-3-7(8(6)10)12-5-4-11/h1-3H,5H2. The van der Waals surface area contributed by atoms with E-state index in [-0.39, 0.29) is 0 Å². The normalized spacial score (nSPS) is 9.42. The maximum absolute atomic E-state index is 8.34. The Morgan fingerprint density at radius 2 is 2.17 bits per heavy atom. The summed E-state index contributed by atoms with van der Waals surface area (Å²) >= 11 is 13.0. The van der Waals surface area contributed by atoms with Crippen molar-refractivity contribution in [1.82, 2.24) is 0 Å². The maximum atomic E-state index is 8.34. The van der Waals surface area contributed by atoms with Crippen LogP contribution in [0.3, 0.4) is 0 Å². The van der Waals surface area contributed by atoms with Crippen LogP contribution in [0.25, 0.3) is 0 Å². The summed E-state index contributed by atoms with van der Waals surface area (Å²) in [7, 11) is 0. The number of nitriles is 1. The highest BCUT2D eigenvalue weighted by Crippen LogP contribution is 2.32. The molecule has 62 valence electrons. The first-order chi connectivity index (χ1) is 5.75. The van der Waals surface area contributed by atoms with Crippen LogP contribution in [0.1, 0.15) is 0 Å². The van der Waals surface area contributed by atoms with Gasteiger partial charge in [0.05, 0.1) is 21.9 Å². The molecule has 12 heavy (non-hydrogen) atoms. The Labute approximate surface area is 85.3 Å². The van der Waals surface area contributed by atoms with Crippen molar-refractivity contribution in [2.24, 2.45) is 0 Å². The molecule has 0 bridgehead atoms. The van der Waals surface area contributed by atoms with E-state index in [1.54, 1.807) is 6.07 Å². The van der Waals surface area contributed by atoms with Gasteiger partial charge in [0.15, 0.2) is 0 Å². The second-order valence-electron chi connectivity index (χ2n) is 2.00. The van der Waals surface area contributed by atoms with Gasteiger partial charge in [-0.2, -0.15) is 5.26 Å². The molecule has 1 nitrogen and oxygen atoms in total. The van der Waals surface area contributed by atoms with Crippen molar-refractivity contribution in [2.75, 3.05) is 5.75 Å². The SMILES string of the molecule is N#CCSc1cccc(Cl)c1Cl. The molecule has 0 heterocycles. The fourth-order valence-electron chi connectivity index (χ4n) is 0.706. The second-order valence-corrected chi connectivity index (χ2v) is 3.80. The lowest BCUT2D eigenvalue weighted by Gasteiger charge is -2.01. The second kappa shape index (κ2) is 4.61. The number of nitrogens with zero attached hydrogens (tertiary/aromatic N) is 1. The number of hydrogen-bond acceptors (Lipinski definition) is 2. The first kappa shape index (κ1) is 9.73. The quantitative estimate of drug-likeness (QED) is 0.708. The third kappa shape index (κ3) is 2.31. The Morgan fingerprint density at radius 1 is 1.42 bits per heavy atom. The van der Waals surface area contributed by atoms with Gasteiger partial charge in [0.1, 0.15) is 0 Å². The highest BCUT2D eigenvalue weighted by atomic mass is 35.5. The van der Waals surface area contributed by atoms with Crippen molar-refractivity contribution >= 4 is 35.0 Å². The van der Waals surface area contributed by atoms with Crippen molar-refractivity contribution in [1.29, 1.82) is 5.26 Å². The van der Waals surface area contributed by atoms with Crippen molar-refractivity contribution in [3.05, 3.63) is 28.2 Å². The lowest BCUT2D eigenvalue weighted by atomic mass is 10.4. The number of benzene rings is 1. The van der Waals surface area contributed by atoms with Crippen LogP contribution in [-0.4, -0.2) is 5.75 Å². The molecular formula is C8H5Cl2NS. The molecule has 4 heteroatoms. The zero-order chi connectivity index (χ0) is 8.97. The van der Waals surface area contributed by atoms with Gasteiger partial charge >= 0.3 is 0 Å². The maximum Gasteiger partial charge on any atom is 0.0855 e. The summed E-state index contributed by atoms with van der Waals surface area (Å²) in [4.78, 5) is 0.853. The van der Waals surface area contributed by atoms with Crippen LogP contribution in [0, 0.1) is 11.3 Å². The Bertz CT molecular complexity index is 319. The Morgan fingerprint density at radius 3 is 2.83 bits per heavy atom. The molecule has 1 aromatic carbocycles. The molecule has 0 amide bonds. The minimum atomic E-state index is 0.389. The molecule has 0 aliphatic rings. The number of rotatable bonds is 2. The fraction of sp³-hybridized carbons (Fsp3) is 0.125. The number of halogens is 2. The van der Waals surface area contributed by atoms with E-state index in [1.165, 1.54) is 11.8 Å². The van der Waals surface area contributed by atoms with Gasteiger partial charge in [-0.15, -0.1) is 11.8 Å². The van der Waals surface area contributed by atoms with Crippen molar-refractivity contribution < 1.29 is 0 Å². The van der Waals surface area contributed by atoms with Gasteiger partial charge in [-0.25, -0.2) is 0 Å². The summed E-state index contributed by atoms with van der Waals surface area (Å²) in [5.74, 6) is 0.389. The molecular weight excluding hydrogens is 213 g/mol. The first-order valence-corrected chi connectivity index (χ1v) is 4.93. The number of thioether (sulfide) groups is 1. The molecule has 0 saturated heterocycles. The van der Waals surface area contributed by atoms with Crippen molar-refractivity contribution in [2.45, 2.75) is 4.90 Å². The van der Waals surface area contributed by atoms with Gasteiger partial charge in [-0.3, -0.25) is 0 Å². The van der Waals surface area contributed by atoms with E-state index in [1.807, 2.05) is 18.2 Å². The van der Waals surface area contributed by atoms with Gasteiger partial charge in [0, 0.05) is 4.90 Å². The van der Waals surface area contributed by atoms with E-state index in [0.717, 1.165) is 4.90 Å². The summed E-state index contributed by atoms with van der Waals surface area (Å²) in [6.45, 7) is 0. The predicted molar refractivity (Wildman–Crippen MR) is 52.8 cm³/mol.